The molecule has 16 heavy (non-hydrogen) atoms. The van der Waals surface area contributed by atoms with E-state index in [0.29, 0.717) is 0 Å². The highest BCUT2D eigenvalue weighted by Crippen LogP contribution is 2.24. The van der Waals surface area contributed by atoms with Crippen molar-refractivity contribution in [3.8, 4) is 0 Å². The monoisotopic (exact) mass is 247 g/mol. The van der Waals surface area contributed by atoms with Crippen LogP contribution in [0.15, 0.2) is 0 Å². The molecular weight excluding hydrogens is 226 g/mol. The van der Waals surface area contributed by atoms with Crippen LogP contribution in [-0.4, -0.2) is 34.6 Å². The maximum atomic E-state index is 12.0. The van der Waals surface area contributed by atoms with Gasteiger partial charge in [-0.3, -0.25) is 0 Å². The summed E-state index contributed by atoms with van der Waals surface area (Å²) in [5, 5.41) is -0.0205. The number of nitrogens with zero attached hydrogens (tertiary/aromatic N) is 1. The lowest BCUT2D eigenvalue weighted by Crippen LogP contribution is -2.49. The Hall–Kier alpha value is -0.440. The number of hydrogen-bond acceptors (Lipinski definition) is 2. The van der Waals surface area contributed by atoms with Crippen LogP contribution in [0.2, 0.25) is 0 Å². The predicted molar refractivity (Wildman–Crippen MR) is 65.9 cm³/mol. The maximum Gasteiger partial charge on any atom is 0.410 e. The van der Waals surface area contributed by atoms with Crippen LogP contribution < -0.4 is 0 Å². The van der Waals surface area contributed by atoms with Crippen molar-refractivity contribution in [3.63, 3.8) is 0 Å². The van der Waals surface area contributed by atoms with Crippen LogP contribution in [0.4, 0.5) is 4.79 Å². The van der Waals surface area contributed by atoms with Crippen molar-refractivity contribution in [2.45, 2.75) is 64.0 Å². The quantitative estimate of drug-likeness (QED) is 0.665. The van der Waals surface area contributed by atoms with Crippen molar-refractivity contribution in [2.24, 2.45) is 0 Å². The molecule has 1 heterocycles. The molecule has 0 unspecified atom stereocenters. The molecule has 1 saturated heterocycles. The van der Waals surface area contributed by atoms with Gasteiger partial charge in [0.15, 0.2) is 0 Å². The number of carbonyl (C=O) groups is 1. The molecule has 2 atom stereocenters. The number of amides is 1. The molecule has 1 rings (SSSR count). The van der Waals surface area contributed by atoms with Gasteiger partial charge in [-0.15, -0.1) is 11.6 Å². The zero-order valence-electron chi connectivity index (χ0n) is 10.6. The summed E-state index contributed by atoms with van der Waals surface area (Å²) in [6.07, 6.45) is 2.93. The summed E-state index contributed by atoms with van der Waals surface area (Å²) < 4.78 is 5.39. The molecule has 1 aliphatic rings. The average Bonchev–Trinajstić information content (AvgIpc) is 2.15. The first kappa shape index (κ1) is 13.6. The van der Waals surface area contributed by atoms with Gasteiger partial charge >= 0.3 is 6.09 Å². The van der Waals surface area contributed by atoms with E-state index in [-0.39, 0.29) is 17.5 Å². The van der Waals surface area contributed by atoms with Crippen LogP contribution in [0, 0.1) is 0 Å². The Morgan fingerprint density at radius 2 is 2.06 bits per heavy atom. The molecule has 3 nitrogen and oxygen atoms in total. The van der Waals surface area contributed by atoms with Gasteiger partial charge in [0.05, 0.1) is 11.4 Å². The van der Waals surface area contributed by atoms with Gasteiger partial charge in [-0.25, -0.2) is 4.79 Å². The molecule has 0 bridgehead atoms. The minimum absolute atomic E-state index is 0.0205. The summed E-state index contributed by atoms with van der Waals surface area (Å²) in [4.78, 5) is 13.8. The van der Waals surface area contributed by atoms with Crippen molar-refractivity contribution in [3.05, 3.63) is 0 Å². The summed E-state index contributed by atoms with van der Waals surface area (Å²) in [5.74, 6) is 0. The summed E-state index contributed by atoms with van der Waals surface area (Å²) in [6, 6.07) is 0.116. The number of carbonyl (C=O) groups excluding carboxylic acids is 1. The Kier molecular flexibility index (Phi) is 4.48. The van der Waals surface area contributed by atoms with E-state index in [1.54, 1.807) is 4.90 Å². The molecule has 0 N–H and O–H groups in total. The Morgan fingerprint density at radius 3 is 2.56 bits per heavy atom. The molecular formula is C12H22ClNO2. The summed E-state index contributed by atoms with van der Waals surface area (Å²) in [6.45, 7) is 8.35. The minimum atomic E-state index is -0.436. The fourth-order valence-corrected chi connectivity index (χ4v) is 2.24. The topological polar surface area (TPSA) is 29.5 Å². The van der Waals surface area contributed by atoms with Crippen LogP contribution in [0.5, 0.6) is 0 Å². The second kappa shape index (κ2) is 5.26. The van der Waals surface area contributed by atoms with Crippen LogP contribution in [0.25, 0.3) is 0 Å². The molecule has 1 amide bonds. The summed E-state index contributed by atoms with van der Waals surface area (Å²) in [5.41, 5.74) is -0.436. The minimum Gasteiger partial charge on any atom is -0.444 e. The Balaban J connectivity index is 2.64. The number of halogens is 1. The van der Waals surface area contributed by atoms with Crippen LogP contribution in [0.3, 0.4) is 0 Å². The van der Waals surface area contributed by atoms with E-state index in [1.165, 1.54) is 0 Å². The smallest absolute Gasteiger partial charge is 0.410 e. The average molecular weight is 248 g/mol. The van der Waals surface area contributed by atoms with Gasteiger partial charge in [0.1, 0.15) is 5.60 Å². The number of rotatable bonds is 1. The Labute approximate surface area is 103 Å². The fourth-order valence-electron chi connectivity index (χ4n) is 1.98. The van der Waals surface area contributed by atoms with Gasteiger partial charge in [0.2, 0.25) is 0 Å². The molecule has 0 saturated carbocycles. The van der Waals surface area contributed by atoms with Crippen LogP contribution in [-0.2, 0) is 4.74 Å². The number of likely N-dealkylation sites (tertiary alicyclic amines) is 1. The van der Waals surface area contributed by atoms with Crippen LogP contribution >= 0.6 is 11.6 Å². The van der Waals surface area contributed by atoms with Crippen molar-refractivity contribution in [1.29, 1.82) is 0 Å². The first-order valence-corrected chi connectivity index (χ1v) is 6.38. The second-order valence-corrected chi connectivity index (χ2v) is 6.10. The molecule has 1 fully saturated rings. The van der Waals surface area contributed by atoms with Gasteiger partial charge < -0.3 is 9.64 Å². The fraction of sp³-hybridized carbons (Fsp3) is 0.917. The second-order valence-electron chi connectivity index (χ2n) is 5.41. The maximum absolute atomic E-state index is 12.0. The van der Waals surface area contributed by atoms with Crippen LogP contribution in [0.1, 0.15) is 47.0 Å². The highest BCUT2D eigenvalue weighted by atomic mass is 35.5. The SMILES string of the molecule is C[C@H](Cl)[C@@H]1CCCCN1C(=O)OC(C)(C)C. The molecule has 0 aromatic rings. The largest absolute Gasteiger partial charge is 0.444 e. The molecule has 0 aromatic carbocycles. The molecule has 0 radical (unpaired) electrons. The molecule has 1 aliphatic heterocycles. The van der Waals surface area contributed by atoms with Gasteiger partial charge in [0, 0.05) is 6.54 Å². The zero-order valence-corrected chi connectivity index (χ0v) is 11.4. The lowest BCUT2D eigenvalue weighted by Gasteiger charge is -2.38. The third-order valence-corrected chi connectivity index (χ3v) is 3.00. The Bertz CT molecular complexity index is 248. The first-order chi connectivity index (χ1) is 7.31. The van der Waals surface area contributed by atoms with E-state index in [2.05, 4.69) is 0 Å². The molecule has 0 aliphatic carbocycles. The lowest BCUT2D eigenvalue weighted by molar-refractivity contribution is 0.00986. The molecule has 0 aromatic heterocycles. The number of piperidine rings is 1. The first-order valence-electron chi connectivity index (χ1n) is 5.95. The predicted octanol–water partition coefficient (Wildman–Crippen LogP) is 3.40. The molecule has 0 spiro atoms. The van der Waals surface area contributed by atoms with Crippen molar-refractivity contribution in [2.75, 3.05) is 6.54 Å². The standard InChI is InChI=1S/C12H22ClNO2/c1-9(13)10-7-5-6-8-14(10)11(15)16-12(2,3)4/h9-10H,5-8H2,1-4H3/t9-,10-/m0/s1. The van der Waals surface area contributed by atoms with E-state index in [1.807, 2.05) is 27.7 Å². The zero-order chi connectivity index (χ0) is 12.3. The van der Waals surface area contributed by atoms with Gasteiger partial charge in [-0.1, -0.05) is 0 Å². The molecule has 4 heteroatoms. The number of hydrogen-bond donors (Lipinski definition) is 0. The van der Waals surface area contributed by atoms with Crippen molar-refractivity contribution >= 4 is 17.7 Å². The molecule has 94 valence electrons. The number of alkyl halides is 1. The van der Waals surface area contributed by atoms with E-state index in [4.69, 9.17) is 16.3 Å². The van der Waals surface area contributed by atoms with E-state index >= 15 is 0 Å². The van der Waals surface area contributed by atoms with Crippen molar-refractivity contribution < 1.29 is 9.53 Å². The third kappa shape index (κ3) is 3.85. The van der Waals surface area contributed by atoms with E-state index in [9.17, 15) is 4.79 Å². The van der Waals surface area contributed by atoms with Gasteiger partial charge in [-0.05, 0) is 47.0 Å². The lowest BCUT2D eigenvalue weighted by atomic mass is 10.0. The van der Waals surface area contributed by atoms with E-state index in [0.717, 1.165) is 25.8 Å². The summed E-state index contributed by atoms with van der Waals surface area (Å²) >= 11 is 6.12. The van der Waals surface area contributed by atoms with Gasteiger partial charge in [-0.2, -0.15) is 0 Å². The summed E-state index contributed by atoms with van der Waals surface area (Å²) in [7, 11) is 0. The van der Waals surface area contributed by atoms with E-state index < -0.39 is 5.60 Å². The Morgan fingerprint density at radius 1 is 1.44 bits per heavy atom. The van der Waals surface area contributed by atoms with Crippen molar-refractivity contribution in [1.82, 2.24) is 4.90 Å². The third-order valence-electron chi connectivity index (χ3n) is 2.71. The van der Waals surface area contributed by atoms with Gasteiger partial charge in [0.25, 0.3) is 0 Å². The highest BCUT2D eigenvalue weighted by molar-refractivity contribution is 6.20. The normalized spacial score (nSPS) is 24.1. The number of ether oxygens (including phenoxy) is 1. The highest BCUT2D eigenvalue weighted by Gasteiger charge is 2.32.